The van der Waals surface area contributed by atoms with Crippen LogP contribution in [-0.4, -0.2) is 36.4 Å². The number of carbonyl (C=O) groups is 2. The topological polar surface area (TPSA) is 58.6 Å². The summed E-state index contributed by atoms with van der Waals surface area (Å²) in [5, 5.41) is 2.68. The second-order valence-electron chi connectivity index (χ2n) is 5.55. The number of amides is 2. The number of nitrogens with one attached hydrogen (secondary N) is 1. The largest absolute Gasteiger partial charge is 0.484 e. The van der Waals surface area contributed by atoms with E-state index in [9.17, 15) is 18.4 Å². The smallest absolute Gasteiger partial charge is 0.260 e. The molecule has 0 aromatic heterocycles. The van der Waals surface area contributed by atoms with E-state index in [2.05, 4.69) is 5.32 Å². The van der Waals surface area contributed by atoms with Gasteiger partial charge in [0.1, 0.15) is 17.4 Å². The first kappa shape index (κ1) is 19.4. The number of likely N-dealkylation sites (N-methyl/N-ethyl adjacent to an activating group) is 1. The van der Waals surface area contributed by atoms with Gasteiger partial charge in [-0.1, -0.05) is 12.1 Å². The highest BCUT2D eigenvalue weighted by Crippen LogP contribution is 2.11. The number of benzene rings is 2. The van der Waals surface area contributed by atoms with Gasteiger partial charge in [-0.05, 0) is 48.9 Å². The molecular weight excluding hydrogens is 342 g/mol. The summed E-state index contributed by atoms with van der Waals surface area (Å²) in [7, 11) is 0. The molecule has 0 bridgehead atoms. The van der Waals surface area contributed by atoms with Crippen molar-refractivity contribution in [3.05, 3.63) is 65.7 Å². The summed E-state index contributed by atoms with van der Waals surface area (Å²) in [4.78, 5) is 25.5. The predicted molar refractivity (Wildman–Crippen MR) is 92.4 cm³/mol. The van der Waals surface area contributed by atoms with Crippen LogP contribution >= 0.6 is 0 Å². The lowest BCUT2D eigenvalue weighted by Gasteiger charge is -2.20. The van der Waals surface area contributed by atoms with Crippen molar-refractivity contribution in [2.75, 3.05) is 19.7 Å². The molecule has 26 heavy (non-hydrogen) atoms. The molecule has 0 saturated heterocycles. The fourth-order valence-electron chi connectivity index (χ4n) is 2.18. The van der Waals surface area contributed by atoms with E-state index in [4.69, 9.17) is 4.74 Å². The molecule has 0 heterocycles. The van der Waals surface area contributed by atoms with E-state index >= 15 is 0 Å². The Labute approximate surface area is 150 Å². The van der Waals surface area contributed by atoms with Crippen LogP contribution in [0.25, 0.3) is 0 Å². The maximum Gasteiger partial charge on any atom is 0.260 e. The summed E-state index contributed by atoms with van der Waals surface area (Å²) >= 11 is 0. The second-order valence-corrected chi connectivity index (χ2v) is 5.55. The molecule has 0 aliphatic carbocycles. The Hall–Kier alpha value is -2.96. The third kappa shape index (κ3) is 6.16. The van der Waals surface area contributed by atoms with Gasteiger partial charge < -0.3 is 15.0 Å². The van der Waals surface area contributed by atoms with E-state index in [1.807, 2.05) is 0 Å². The molecule has 0 aliphatic rings. The molecule has 0 unspecified atom stereocenters. The lowest BCUT2D eigenvalue weighted by Crippen LogP contribution is -2.42. The molecule has 0 spiro atoms. The molecule has 7 heteroatoms. The molecule has 1 N–H and O–H groups in total. The van der Waals surface area contributed by atoms with E-state index in [1.165, 1.54) is 41.3 Å². The Morgan fingerprint density at radius 1 is 1.00 bits per heavy atom. The van der Waals surface area contributed by atoms with Crippen LogP contribution < -0.4 is 10.1 Å². The lowest BCUT2D eigenvalue weighted by atomic mass is 10.2. The molecule has 0 radical (unpaired) electrons. The number of carbonyl (C=O) groups excluding carboxylic acids is 2. The SMILES string of the molecule is CCN(CC(=O)NCc1ccc(F)cc1)C(=O)COc1ccc(F)cc1. The van der Waals surface area contributed by atoms with Crippen LogP contribution in [0, 0.1) is 11.6 Å². The summed E-state index contributed by atoms with van der Waals surface area (Å²) in [5.41, 5.74) is 0.758. The summed E-state index contributed by atoms with van der Waals surface area (Å²) in [5.74, 6) is -1.04. The van der Waals surface area contributed by atoms with Gasteiger partial charge in [0.05, 0.1) is 6.54 Å². The van der Waals surface area contributed by atoms with E-state index in [0.717, 1.165) is 5.56 Å². The van der Waals surface area contributed by atoms with Crippen molar-refractivity contribution in [1.82, 2.24) is 10.2 Å². The van der Waals surface area contributed by atoms with E-state index in [0.29, 0.717) is 12.3 Å². The maximum absolute atomic E-state index is 12.8. The summed E-state index contributed by atoms with van der Waals surface area (Å²) < 4.78 is 31.0. The molecule has 2 rings (SSSR count). The second kappa shape index (κ2) is 9.50. The average Bonchev–Trinajstić information content (AvgIpc) is 2.65. The van der Waals surface area contributed by atoms with Crippen LogP contribution in [0.5, 0.6) is 5.75 Å². The molecule has 0 saturated carbocycles. The van der Waals surface area contributed by atoms with Crippen molar-refractivity contribution in [3.63, 3.8) is 0 Å². The summed E-state index contributed by atoms with van der Waals surface area (Å²) in [6.45, 7) is 1.99. The van der Waals surface area contributed by atoms with E-state index < -0.39 is 5.82 Å². The number of rotatable bonds is 8. The monoisotopic (exact) mass is 362 g/mol. The van der Waals surface area contributed by atoms with Gasteiger partial charge in [0.2, 0.25) is 5.91 Å². The van der Waals surface area contributed by atoms with Gasteiger partial charge in [-0.3, -0.25) is 9.59 Å². The number of ether oxygens (including phenoxy) is 1. The Morgan fingerprint density at radius 2 is 1.58 bits per heavy atom. The van der Waals surface area contributed by atoms with Crippen molar-refractivity contribution in [2.24, 2.45) is 0 Å². The van der Waals surface area contributed by atoms with Crippen molar-refractivity contribution in [2.45, 2.75) is 13.5 Å². The zero-order chi connectivity index (χ0) is 18.9. The highest BCUT2D eigenvalue weighted by Gasteiger charge is 2.16. The zero-order valence-corrected chi connectivity index (χ0v) is 14.4. The van der Waals surface area contributed by atoms with E-state index in [1.54, 1.807) is 19.1 Å². The first-order valence-corrected chi connectivity index (χ1v) is 8.15. The molecule has 0 fully saturated rings. The Balaban J connectivity index is 1.78. The first-order valence-electron chi connectivity index (χ1n) is 8.15. The zero-order valence-electron chi connectivity index (χ0n) is 14.4. The van der Waals surface area contributed by atoms with Crippen LogP contribution in [0.15, 0.2) is 48.5 Å². The molecule has 0 aliphatic heterocycles. The molecule has 2 amide bonds. The maximum atomic E-state index is 12.8. The fourth-order valence-corrected chi connectivity index (χ4v) is 2.18. The highest BCUT2D eigenvalue weighted by atomic mass is 19.1. The molecule has 2 aromatic rings. The minimum absolute atomic E-state index is 0.108. The predicted octanol–water partition coefficient (Wildman–Crippen LogP) is 2.51. The van der Waals surface area contributed by atoms with Crippen molar-refractivity contribution in [1.29, 1.82) is 0 Å². The Kier molecular flexibility index (Phi) is 7.08. The number of hydrogen-bond acceptors (Lipinski definition) is 3. The van der Waals surface area contributed by atoms with E-state index in [-0.39, 0.29) is 37.3 Å². The standard InChI is InChI=1S/C19H20F2N2O3/c1-2-23(19(25)13-26-17-9-7-16(21)8-10-17)12-18(24)22-11-14-3-5-15(20)6-4-14/h3-10H,2,11-13H2,1H3,(H,22,24). The first-order chi connectivity index (χ1) is 12.5. The number of halogens is 2. The third-order valence-electron chi connectivity index (χ3n) is 3.65. The quantitative estimate of drug-likeness (QED) is 0.785. The molecule has 0 atom stereocenters. The fraction of sp³-hybridized carbons (Fsp3) is 0.263. The highest BCUT2D eigenvalue weighted by molar-refractivity contribution is 5.85. The van der Waals surface area contributed by atoms with Crippen molar-refractivity contribution >= 4 is 11.8 Å². The van der Waals surface area contributed by atoms with Crippen LogP contribution in [0.3, 0.4) is 0 Å². The molecule has 2 aromatic carbocycles. The number of hydrogen-bond donors (Lipinski definition) is 1. The van der Waals surface area contributed by atoms with Crippen molar-refractivity contribution < 1.29 is 23.1 Å². The Morgan fingerprint density at radius 3 is 2.15 bits per heavy atom. The minimum atomic E-state index is -0.392. The normalized spacial score (nSPS) is 10.3. The van der Waals surface area contributed by atoms with Crippen LogP contribution in [0.2, 0.25) is 0 Å². The van der Waals surface area contributed by atoms with Gasteiger partial charge in [-0.2, -0.15) is 0 Å². The van der Waals surface area contributed by atoms with Gasteiger partial charge in [-0.25, -0.2) is 8.78 Å². The van der Waals surface area contributed by atoms with Crippen LogP contribution in [0.4, 0.5) is 8.78 Å². The van der Waals surface area contributed by atoms with Crippen molar-refractivity contribution in [3.8, 4) is 5.75 Å². The number of nitrogens with zero attached hydrogens (tertiary/aromatic N) is 1. The van der Waals surface area contributed by atoms with Gasteiger partial charge in [0, 0.05) is 13.1 Å². The van der Waals surface area contributed by atoms with Gasteiger partial charge in [-0.15, -0.1) is 0 Å². The Bertz CT molecular complexity index is 733. The summed E-state index contributed by atoms with van der Waals surface area (Å²) in [6, 6.07) is 11.1. The van der Waals surface area contributed by atoms with Gasteiger partial charge in [0.25, 0.3) is 5.91 Å². The van der Waals surface area contributed by atoms with Gasteiger partial charge in [0.15, 0.2) is 6.61 Å². The molecule has 138 valence electrons. The lowest BCUT2D eigenvalue weighted by molar-refractivity contribution is -0.137. The molecular formula is C19H20F2N2O3. The van der Waals surface area contributed by atoms with Crippen LogP contribution in [0.1, 0.15) is 12.5 Å². The van der Waals surface area contributed by atoms with Gasteiger partial charge >= 0.3 is 0 Å². The third-order valence-corrected chi connectivity index (χ3v) is 3.65. The summed E-state index contributed by atoms with van der Waals surface area (Å²) in [6.07, 6.45) is 0. The minimum Gasteiger partial charge on any atom is -0.484 e. The molecule has 5 nitrogen and oxygen atoms in total. The average molecular weight is 362 g/mol. The van der Waals surface area contributed by atoms with Crippen LogP contribution in [-0.2, 0) is 16.1 Å².